The van der Waals surface area contributed by atoms with Crippen LogP contribution < -0.4 is 21.3 Å². The number of rotatable bonds is 8. The number of carbonyl (C=O) groups excluding carboxylic acids is 1. The second-order valence-electron chi connectivity index (χ2n) is 14.2. The van der Waals surface area contributed by atoms with E-state index >= 15 is 0 Å². The molecule has 0 radical (unpaired) electrons. The first-order valence-electron chi connectivity index (χ1n) is 17.3. The summed E-state index contributed by atoms with van der Waals surface area (Å²) < 4.78 is 5.57. The van der Waals surface area contributed by atoms with Crippen molar-refractivity contribution in [3.8, 4) is 11.4 Å². The van der Waals surface area contributed by atoms with Crippen molar-refractivity contribution in [2.45, 2.75) is 64.5 Å². The van der Waals surface area contributed by atoms with E-state index in [2.05, 4.69) is 62.5 Å². The molecule has 4 fully saturated rings. The molecule has 4 saturated heterocycles. The van der Waals surface area contributed by atoms with Crippen molar-refractivity contribution in [1.29, 1.82) is 0 Å². The standard InChI is InChI=1S/C36H49N9O2/c1-24-5-4-14-38-30(24)31-34(39-26-10-19-47-20-11-26)42-35(32(41-31)33(37)46)40-27-6-7-29(25(2)21-27)44-15-8-28(9-16-44)45-22-36(23-45)12-17-43(3)18-13-36/h4-7,14,21,26,28H,8-13,15-20,22-23H2,1-3H3,(H2,37,46)(H2,39,40,42). The Labute approximate surface area is 278 Å². The maximum absolute atomic E-state index is 12.7. The number of hydrogen-bond acceptors (Lipinski definition) is 10. The Bertz CT molecular complexity index is 1580. The molecule has 1 spiro atoms. The normalized spacial score (nSPS) is 21.0. The molecule has 1 amide bonds. The summed E-state index contributed by atoms with van der Waals surface area (Å²) in [5.41, 5.74) is 11.9. The van der Waals surface area contributed by atoms with Gasteiger partial charge in [-0.25, -0.2) is 9.97 Å². The number of likely N-dealkylation sites (tertiary alicyclic amines) is 2. The summed E-state index contributed by atoms with van der Waals surface area (Å²) in [5, 5.41) is 6.95. The highest BCUT2D eigenvalue weighted by molar-refractivity contribution is 5.97. The second-order valence-corrected chi connectivity index (χ2v) is 14.2. The first kappa shape index (κ1) is 31.8. The molecule has 2 aromatic heterocycles. The Balaban J connectivity index is 1.06. The summed E-state index contributed by atoms with van der Waals surface area (Å²) in [4.78, 5) is 34.8. The average Bonchev–Trinajstić information content (AvgIpc) is 3.05. The molecular formula is C36H49N9O2. The van der Waals surface area contributed by atoms with Crippen LogP contribution >= 0.6 is 0 Å². The van der Waals surface area contributed by atoms with Crippen LogP contribution in [0, 0.1) is 19.3 Å². The maximum atomic E-state index is 12.7. The predicted octanol–water partition coefficient (Wildman–Crippen LogP) is 4.59. The Morgan fingerprint density at radius 2 is 1.68 bits per heavy atom. The van der Waals surface area contributed by atoms with Gasteiger partial charge in [0.05, 0.1) is 5.69 Å². The number of nitrogens with one attached hydrogen (secondary N) is 2. The van der Waals surface area contributed by atoms with Crippen molar-refractivity contribution >= 4 is 28.9 Å². The van der Waals surface area contributed by atoms with Crippen LogP contribution in [0.4, 0.5) is 23.0 Å². The quantitative estimate of drug-likeness (QED) is 0.323. The zero-order chi connectivity index (χ0) is 32.5. The van der Waals surface area contributed by atoms with E-state index in [1.54, 1.807) is 6.20 Å². The molecule has 0 unspecified atom stereocenters. The number of ether oxygens (including phenoxy) is 1. The first-order chi connectivity index (χ1) is 22.8. The van der Waals surface area contributed by atoms with Gasteiger partial charge in [-0.15, -0.1) is 0 Å². The highest BCUT2D eigenvalue weighted by Crippen LogP contribution is 2.43. The molecule has 0 bridgehead atoms. The first-order valence-corrected chi connectivity index (χ1v) is 17.3. The van der Waals surface area contributed by atoms with Crippen LogP contribution in [-0.4, -0.2) is 102 Å². The predicted molar refractivity (Wildman–Crippen MR) is 186 cm³/mol. The number of piperidine rings is 2. The minimum Gasteiger partial charge on any atom is -0.381 e. The van der Waals surface area contributed by atoms with Crippen molar-refractivity contribution in [1.82, 2.24) is 24.8 Å². The molecule has 0 atom stereocenters. The summed E-state index contributed by atoms with van der Waals surface area (Å²) in [5.74, 6) is 0.258. The number of nitrogens with two attached hydrogens (primary N) is 1. The summed E-state index contributed by atoms with van der Waals surface area (Å²) >= 11 is 0. The van der Waals surface area contributed by atoms with E-state index in [0.717, 1.165) is 37.2 Å². The number of anilines is 4. The molecule has 7 rings (SSSR count). The molecule has 0 aliphatic carbocycles. The van der Waals surface area contributed by atoms with Gasteiger partial charge in [-0.05, 0) is 113 Å². The monoisotopic (exact) mass is 639 g/mol. The second kappa shape index (κ2) is 13.4. The van der Waals surface area contributed by atoms with Crippen molar-refractivity contribution in [2.75, 3.05) is 75.1 Å². The van der Waals surface area contributed by atoms with Crippen LogP contribution in [-0.2, 0) is 4.74 Å². The molecule has 1 aromatic carbocycles. The third-order valence-electron chi connectivity index (χ3n) is 10.8. The van der Waals surface area contributed by atoms with Crippen LogP contribution in [0.3, 0.4) is 0 Å². The number of amides is 1. The number of primary amides is 1. The van der Waals surface area contributed by atoms with Gasteiger partial charge in [-0.3, -0.25) is 14.7 Å². The Hall–Kier alpha value is -3.80. The molecule has 4 N–H and O–H groups in total. The van der Waals surface area contributed by atoms with Gasteiger partial charge in [-0.1, -0.05) is 6.07 Å². The summed E-state index contributed by atoms with van der Waals surface area (Å²) in [6, 6.07) is 11.1. The lowest BCUT2D eigenvalue weighted by atomic mass is 9.71. The summed E-state index contributed by atoms with van der Waals surface area (Å²) in [6.07, 6.45) is 8.56. The Kier molecular flexibility index (Phi) is 9.04. The number of benzene rings is 1. The molecule has 0 saturated carbocycles. The molecule has 4 aliphatic heterocycles. The van der Waals surface area contributed by atoms with Crippen LogP contribution in [0.2, 0.25) is 0 Å². The van der Waals surface area contributed by atoms with Gasteiger partial charge >= 0.3 is 0 Å². The fraction of sp³-hybridized carbons (Fsp3) is 0.556. The van der Waals surface area contributed by atoms with Gasteiger partial charge in [0.1, 0.15) is 5.69 Å². The number of aryl methyl sites for hydroxylation is 2. The number of hydrogen-bond donors (Lipinski definition) is 3. The van der Waals surface area contributed by atoms with E-state index in [1.807, 2.05) is 19.1 Å². The third kappa shape index (κ3) is 6.79. The van der Waals surface area contributed by atoms with E-state index in [-0.39, 0.29) is 11.7 Å². The van der Waals surface area contributed by atoms with Crippen LogP contribution in [0.1, 0.15) is 60.1 Å². The lowest BCUT2D eigenvalue weighted by molar-refractivity contribution is -0.0704. The number of pyridine rings is 1. The minimum absolute atomic E-state index is 0.0828. The van der Waals surface area contributed by atoms with Crippen LogP contribution in [0.15, 0.2) is 36.5 Å². The highest BCUT2D eigenvalue weighted by atomic mass is 16.5. The smallest absolute Gasteiger partial charge is 0.271 e. The molecule has 4 aliphatic rings. The van der Waals surface area contributed by atoms with Gasteiger partial charge in [-0.2, -0.15) is 0 Å². The highest BCUT2D eigenvalue weighted by Gasteiger charge is 2.46. The third-order valence-corrected chi connectivity index (χ3v) is 10.8. The lowest BCUT2D eigenvalue weighted by Gasteiger charge is -2.57. The van der Waals surface area contributed by atoms with Crippen molar-refractivity contribution in [2.24, 2.45) is 11.1 Å². The SMILES string of the molecule is Cc1cc(Nc2nc(NC3CCOCC3)c(-c3ncccc3C)nc2C(N)=O)ccc1N1CCC(N2CC3(CCN(C)CC3)C2)CC1. The number of nitrogens with zero attached hydrogens (tertiary/aromatic N) is 6. The van der Waals surface area contributed by atoms with Crippen LogP contribution in [0.25, 0.3) is 11.4 Å². The Morgan fingerprint density at radius 3 is 2.36 bits per heavy atom. The van der Waals surface area contributed by atoms with Crippen LogP contribution in [0.5, 0.6) is 0 Å². The topological polar surface area (TPSA) is 125 Å². The van der Waals surface area contributed by atoms with Gasteiger partial charge in [0.15, 0.2) is 17.3 Å². The number of carbonyl (C=O) groups is 1. The molecular weight excluding hydrogens is 590 g/mol. The summed E-state index contributed by atoms with van der Waals surface area (Å²) in [7, 11) is 2.25. The fourth-order valence-corrected chi connectivity index (χ4v) is 7.91. The van der Waals surface area contributed by atoms with Crippen molar-refractivity contribution in [3.05, 3.63) is 53.3 Å². The van der Waals surface area contributed by atoms with E-state index in [4.69, 9.17) is 20.4 Å². The maximum Gasteiger partial charge on any atom is 0.271 e. The Morgan fingerprint density at radius 1 is 0.936 bits per heavy atom. The van der Waals surface area contributed by atoms with Gasteiger partial charge in [0.2, 0.25) is 0 Å². The van der Waals surface area contributed by atoms with E-state index in [0.29, 0.717) is 47.7 Å². The van der Waals surface area contributed by atoms with Gasteiger partial charge in [0.25, 0.3) is 5.91 Å². The summed E-state index contributed by atoms with van der Waals surface area (Å²) in [6.45, 7) is 12.7. The number of aromatic nitrogens is 3. The van der Waals surface area contributed by atoms with Crippen molar-refractivity contribution < 1.29 is 9.53 Å². The average molecular weight is 640 g/mol. The van der Waals surface area contributed by atoms with E-state index in [9.17, 15) is 4.79 Å². The minimum atomic E-state index is -0.646. The van der Waals surface area contributed by atoms with Gasteiger partial charge < -0.3 is 30.9 Å². The van der Waals surface area contributed by atoms with E-state index < -0.39 is 5.91 Å². The van der Waals surface area contributed by atoms with Crippen molar-refractivity contribution in [3.63, 3.8) is 0 Å². The van der Waals surface area contributed by atoms with Gasteiger partial charge in [0, 0.05) is 69.0 Å². The molecule has 47 heavy (non-hydrogen) atoms. The molecule has 11 nitrogen and oxygen atoms in total. The molecule has 6 heterocycles. The molecule has 250 valence electrons. The molecule has 11 heteroatoms. The zero-order valence-electron chi connectivity index (χ0n) is 28.1. The molecule has 3 aromatic rings. The van der Waals surface area contributed by atoms with E-state index in [1.165, 1.54) is 63.1 Å². The largest absolute Gasteiger partial charge is 0.381 e. The lowest BCUT2D eigenvalue weighted by Crippen LogP contribution is -2.63. The fourth-order valence-electron chi connectivity index (χ4n) is 7.91. The zero-order valence-corrected chi connectivity index (χ0v) is 28.1.